The summed E-state index contributed by atoms with van der Waals surface area (Å²) < 4.78 is 0.904. The Bertz CT molecular complexity index is 744. The largest absolute Gasteiger partial charge is 0.353 e. The molecule has 25 heavy (non-hydrogen) atoms. The van der Waals surface area contributed by atoms with Gasteiger partial charge in [0.05, 0.1) is 15.2 Å². The lowest BCUT2D eigenvalue weighted by Crippen LogP contribution is -2.51. The van der Waals surface area contributed by atoms with Crippen LogP contribution in [0.25, 0.3) is 0 Å². The van der Waals surface area contributed by atoms with Gasteiger partial charge in [0.2, 0.25) is 5.91 Å². The maximum Gasteiger partial charge on any atom is 0.264 e. The highest BCUT2D eigenvalue weighted by Gasteiger charge is 2.24. The van der Waals surface area contributed by atoms with Gasteiger partial charge in [-0.2, -0.15) is 0 Å². The second kappa shape index (κ2) is 7.97. The van der Waals surface area contributed by atoms with E-state index in [2.05, 4.69) is 25.8 Å². The van der Waals surface area contributed by atoms with Gasteiger partial charge in [-0.3, -0.25) is 9.59 Å². The Balaban J connectivity index is 1.51. The highest BCUT2D eigenvalue weighted by molar-refractivity contribution is 9.11. The fraction of sp³-hybridized carbons (Fsp3) is 0.353. The van der Waals surface area contributed by atoms with Crippen LogP contribution < -0.4 is 4.90 Å². The molecule has 0 bridgehead atoms. The van der Waals surface area contributed by atoms with Crippen LogP contribution in [-0.2, 0) is 4.79 Å². The molecule has 0 radical (unpaired) electrons. The first kappa shape index (κ1) is 17.9. The number of carbonyl (C=O) groups excluding carboxylic acids is 2. The van der Waals surface area contributed by atoms with Crippen molar-refractivity contribution in [3.8, 4) is 0 Å². The number of anilines is 1. The Morgan fingerprint density at radius 1 is 1.20 bits per heavy atom. The molecule has 2 aromatic rings. The van der Waals surface area contributed by atoms with E-state index in [0.29, 0.717) is 18.0 Å². The number of halogens is 1. The van der Waals surface area contributed by atoms with Crippen LogP contribution in [0.2, 0.25) is 0 Å². The van der Waals surface area contributed by atoms with Crippen LogP contribution in [0.4, 0.5) is 5.82 Å². The highest BCUT2D eigenvalue weighted by atomic mass is 79.9. The average molecular weight is 423 g/mol. The van der Waals surface area contributed by atoms with E-state index in [4.69, 9.17) is 0 Å². The number of pyridine rings is 1. The van der Waals surface area contributed by atoms with E-state index < -0.39 is 0 Å². The normalized spacial score (nSPS) is 14.5. The number of hydrogen-bond donors (Lipinski definition) is 0. The van der Waals surface area contributed by atoms with Crippen molar-refractivity contribution in [3.05, 3.63) is 45.2 Å². The summed E-state index contributed by atoms with van der Waals surface area (Å²) in [6.07, 6.45) is 1.77. The average Bonchev–Trinajstić information content (AvgIpc) is 3.08. The first-order chi connectivity index (χ1) is 12.0. The number of carbonyl (C=O) groups is 2. The second-order valence-corrected chi connectivity index (χ2v) is 8.28. The van der Waals surface area contributed by atoms with E-state index in [1.807, 2.05) is 29.2 Å². The first-order valence-corrected chi connectivity index (χ1v) is 9.60. The predicted octanol–water partition coefficient (Wildman–Crippen LogP) is 2.33. The first-order valence-electron chi connectivity index (χ1n) is 7.99. The van der Waals surface area contributed by atoms with Gasteiger partial charge in [-0.05, 0) is 40.2 Å². The van der Waals surface area contributed by atoms with Crippen LogP contribution in [0.15, 0.2) is 40.3 Å². The van der Waals surface area contributed by atoms with E-state index in [9.17, 15) is 9.59 Å². The fourth-order valence-electron chi connectivity index (χ4n) is 2.72. The van der Waals surface area contributed by atoms with Gasteiger partial charge in [-0.15, -0.1) is 11.3 Å². The molecule has 0 unspecified atom stereocenters. The van der Waals surface area contributed by atoms with Gasteiger partial charge in [-0.1, -0.05) is 6.07 Å². The number of amides is 2. The molecule has 0 N–H and O–H groups in total. The molecular formula is C17H19BrN4O2S. The molecule has 3 heterocycles. The minimum Gasteiger partial charge on any atom is -0.353 e. The number of aromatic nitrogens is 1. The third kappa shape index (κ3) is 4.38. The van der Waals surface area contributed by atoms with Crippen molar-refractivity contribution in [1.82, 2.24) is 14.8 Å². The van der Waals surface area contributed by atoms with Crippen molar-refractivity contribution in [2.45, 2.75) is 0 Å². The van der Waals surface area contributed by atoms with Crippen molar-refractivity contribution in [2.75, 3.05) is 44.7 Å². The lowest BCUT2D eigenvalue weighted by Gasteiger charge is -2.36. The molecule has 1 saturated heterocycles. The van der Waals surface area contributed by atoms with E-state index in [-0.39, 0.29) is 18.4 Å². The third-order valence-electron chi connectivity index (χ3n) is 4.11. The molecule has 3 rings (SSSR count). The Kier molecular flexibility index (Phi) is 5.70. The van der Waals surface area contributed by atoms with Crippen molar-refractivity contribution < 1.29 is 9.59 Å². The maximum absolute atomic E-state index is 12.5. The number of likely N-dealkylation sites (N-methyl/N-ethyl adjacent to an activating group) is 1. The summed E-state index contributed by atoms with van der Waals surface area (Å²) in [4.78, 5) is 35.3. The molecular weight excluding hydrogens is 404 g/mol. The molecule has 0 atom stereocenters. The number of hydrogen-bond acceptors (Lipinski definition) is 5. The topological polar surface area (TPSA) is 56.8 Å². The van der Waals surface area contributed by atoms with Gasteiger partial charge in [0.1, 0.15) is 5.82 Å². The van der Waals surface area contributed by atoms with Crippen molar-refractivity contribution >= 4 is 44.9 Å². The SMILES string of the molecule is CN(CC(=O)N1CCN(c2ccccn2)CC1)C(=O)c1ccc(Br)s1. The Labute approximate surface area is 159 Å². The smallest absolute Gasteiger partial charge is 0.264 e. The standard InChI is InChI=1S/C17H19BrN4O2S/c1-20(17(24)13-5-6-14(18)25-13)12-16(23)22-10-8-21(9-11-22)15-4-2-3-7-19-15/h2-7H,8-12H2,1H3. The van der Waals surface area contributed by atoms with Crippen molar-refractivity contribution in [1.29, 1.82) is 0 Å². The Morgan fingerprint density at radius 2 is 1.96 bits per heavy atom. The summed E-state index contributed by atoms with van der Waals surface area (Å²) in [6.45, 7) is 2.87. The molecule has 1 aliphatic heterocycles. The summed E-state index contributed by atoms with van der Waals surface area (Å²) in [6, 6.07) is 9.43. The summed E-state index contributed by atoms with van der Waals surface area (Å²) >= 11 is 4.72. The van der Waals surface area contributed by atoms with Gasteiger partial charge in [0.15, 0.2) is 0 Å². The summed E-state index contributed by atoms with van der Waals surface area (Å²) in [5.74, 6) is 0.786. The van der Waals surface area contributed by atoms with Crippen LogP contribution in [0.5, 0.6) is 0 Å². The quantitative estimate of drug-likeness (QED) is 0.758. The number of rotatable bonds is 4. The molecule has 0 aromatic carbocycles. The second-order valence-electron chi connectivity index (χ2n) is 5.82. The molecule has 2 aromatic heterocycles. The minimum atomic E-state index is -0.129. The van der Waals surface area contributed by atoms with Crippen LogP contribution in [-0.4, -0.2) is 66.4 Å². The highest BCUT2D eigenvalue weighted by Crippen LogP contribution is 2.23. The molecule has 0 spiro atoms. The van der Waals surface area contributed by atoms with Crippen LogP contribution in [0.3, 0.4) is 0 Å². The van der Waals surface area contributed by atoms with Crippen LogP contribution in [0.1, 0.15) is 9.67 Å². The number of thiophene rings is 1. The molecule has 0 aliphatic carbocycles. The molecule has 0 saturated carbocycles. The van der Waals surface area contributed by atoms with Crippen molar-refractivity contribution in [3.63, 3.8) is 0 Å². The summed E-state index contributed by atoms with van der Waals surface area (Å²) in [5, 5.41) is 0. The maximum atomic E-state index is 12.5. The van der Waals surface area contributed by atoms with E-state index in [1.165, 1.54) is 16.2 Å². The lowest BCUT2D eigenvalue weighted by atomic mass is 10.3. The molecule has 6 nitrogen and oxygen atoms in total. The van der Waals surface area contributed by atoms with Gasteiger partial charge >= 0.3 is 0 Å². The number of nitrogens with zero attached hydrogens (tertiary/aromatic N) is 4. The van der Waals surface area contributed by atoms with E-state index >= 15 is 0 Å². The molecule has 132 valence electrons. The Morgan fingerprint density at radius 3 is 2.56 bits per heavy atom. The van der Waals surface area contributed by atoms with Crippen molar-refractivity contribution in [2.24, 2.45) is 0 Å². The number of piperazine rings is 1. The van der Waals surface area contributed by atoms with Gasteiger partial charge in [0, 0.05) is 39.4 Å². The Hall–Kier alpha value is -1.93. The fourth-order valence-corrected chi connectivity index (χ4v) is 4.10. The zero-order valence-electron chi connectivity index (χ0n) is 13.9. The molecule has 2 amide bonds. The van der Waals surface area contributed by atoms with Gasteiger partial charge in [-0.25, -0.2) is 4.98 Å². The van der Waals surface area contributed by atoms with Crippen LogP contribution >= 0.6 is 27.3 Å². The zero-order valence-corrected chi connectivity index (χ0v) is 16.3. The lowest BCUT2D eigenvalue weighted by molar-refractivity contribution is -0.131. The molecule has 8 heteroatoms. The molecule has 1 fully saturated rings. The van der Waals surface area contributed by atoms with E-state index in [1.54, 1.807) is 19.3 Å². The third-order valence-corrected chi connectivity index (χ3v) is 5.72. The van der Waals surface area contributed by atoms with Gasteiger partial charge < -0.3 is 14.7 Å². The minimum absolute atomic E-state index is 0.0212. The predicted molar refractivity (Wildman–Crippen MR) is 102 cm³/mol. The summed E-state index contributed by atoms with van der Waals surface area (Å²) in [7, 11) is 1.66. The van der Waals surface area contributed by atoms with Crippen LogP contribution in [0, 0.1) is 0 Å². The zero-order chi connectivity index (χ0) is 17.8. The summed E-state index contributed by atoms with van der Waals surface area (Å²) in [5.41, 5.74) is 0. The van der Waals surface area contributed by atoms with E-state index in [0.717, 1.165) is 22.7 Å². The van der Waals surface area contributed by atoms with Gasteiger partial charge in [0.25, 0.3) is 5.91 Å². The molecule has 1 aliphatic rings. The monoisotopic (exact) mass is 422 g/mol.